The SMILES string of the molecule is Cc1nccc(=O)[nH]1.OC[C@H]1OC(O)[C@H](O)[C@@H]1O. The molecule has 0 spiro atoms. The summed E-state index contributed by atoms with van der Waals surface area (Å²) in [6, 6.07) is 1.38. The molecule has 18 heavy (non-hydrogen) atoms. The van der Waals surface area contributed by atoms with E-state index >= 15 is 0 Å². The normalized spacial score (nSPS) is 30.7. The van der Waals surface area contributed by atoms with Crippen molar-refractivity contribution in [3.8, 4) is 0 Å². The summed E-state index contributed by atoms with van der Waals surface area (Å²) in [5.41, 5.74) is -0.0995. The van der Waals surface area contributed by atoms with E-state index < -0.39 is 31.2 Å². The highest BCUT2D eigenvalue weighted by Gasteiger charge is 2.41. The zero-order valence-corrected chi connectivity index (χ0v) is 9.72. The lowest BCUT2D eigenvalue weighted by Gasteiger charge is -2.09. The lowest BCUT2D eigenvalue weighted by atomic mass is 10.1. The fourth-order valence-corrected chi connectivity index (χ4v) is 1.35. The van der Waals surface area contributed by atoms with Crippen molar-refractivity contribution in [2.24, 2.45) is 0 Å². The minimum atomic E-state index is -1.38. The molecule has 1 aliphatic heterocycles. The van der Waals surface area contributed by atoms with Crippen LogP contribution in [0.15, 0.2) is 17.1 Å². The molecule has 0 aliphatic carbocycles. The molecule has 8 nitrogen and oxygen atoms in total. The molecule has 8 heteroatoms. The molecule has 0 saturated carbocycles. The summed E-state index contributed by atoms with van der Waals surface area (Å²) in [6.07, 6.45) is -3.27. The van der Waals surface area contributed by atoms with Gasteiger partial charge in [-0.05, 0) is 6.92 Å². The zero-order valence-electron chi connectivity index (χ0n) is 9.72. The summed E-state index contributed by atoms with van der Waals surface area (Å²) in [5, 5.41) is 35.0. The molecule has 1 unspecified atom stereocenters. The lowest BCUT2D eigenvalue weighted by Crippen LogP contribution is -2.33. The number of ether oxygens (including phenoxy) is 1. The van der Waals surface area contributed by atoms with E-state index in [4.69, 9.17) is 20.4 Å². The van der Waals surface area contributed by atoms with E-state index in [2.05, 4.69) is 14.7 Å². The monoisotopic (exact) mass is 260 g/mol. The number of aryl methyl sites for hydroxylation is 1. The number of aromatic nitrogens is 2. The van der Waals surface area contributed by atoms with Crippen LogP contribution in [0.25, 0.3) is 0 Å². The first-order chi connectivity index (χ1) is 8.45. The standard InChI is InChI=1S/C5H6N2O.C5H10O5/c1-4-6-3-2-5(8)7-4;6-1-2-3(7)4(8)5(9)10-2/h2-3H,1H3,(H,6,7,8);2-9H,1H2/t;2-,3-,4-,5?/m.1/s1. The van der Waals surface area contributed by atoms with Crippen molar-refractivity contribution in [3.05, 3.63) is 28.4 Å². The van der Waals surface area contributed by atoms with Crippen LogP contribution in [-0.2, 0) is 4.74 Å². The number of hydrogen-bond donors (Lipinski definition) is 5. The molecular weight excluding hydrogens is 244 g/mol. The first kappa shape index (κ1) is 14.7. The number of hydrogen-bond acceptors (Lipinski definition) is 7. The second kappa shape index (κ2) is 6.57. The van der Waals surface area contributed by atoms with Gasteiger partial charge >= 0.3 is 0 Å². The third-order valence-corrected chi connectivity index (χ3v) is 2.32. The van der Waals surface area contributed by atoms with Gasteiger partial charge in [-0.15, -0.1) is 0 Å². The Morgan fingerprint density at radius 3 is 2.33 bits per heavy atom. The average molecular weight is 260 g/mol. The fourth-order valence-electron chi connectivity index (χ4n) is 1.35. The van der Waals surface area contributed by atoms with Crippen LogP contribution in [0.4, 0.5) is 0 Å². The molecule has 0 bridgehead atoms. The third kappa shape index (κ3) is 3.86. The van der Waals surface area contributed by atoms with Gasteiger partial charge in [0.15, 0.2) is 6.29 Å². The quantitative estimate of drug-likeness (QED) is 0.376. The maximum atomic E-state index is 10.4. The highest BCUT2D eigenvalue weighted by molar-refractivity contribution is 4.85. The molecule has 0 radical (unpaired) electrons. The van der Waals surface area contributed by atoms with Gasteiger partial charge in [0.25, 0.3) is 5.56 Å². The van der Waals surface area contributed by atoms with Crippen molar-refractivity contribution < 1.29 is 25.2 Å². The van der Waals surface area contributed by atoms with Gasteiger partial charge in [-0.1, -0.05) is 0 Å². The first-order valence-electron chi connectivity index (χ1n) is 5.28. The number of rotatable bonds is 1. The van der Waals surface area contributed by atoms with Gasteiger partial charge in [-0.3, -0.25) is 4.79 Å². The summed E-state index contributed by atoms with van der Waals surface area (Å²) in [4.78, 5) is 16.7. The van der Waals surface area contributed by atoms with Crippen molar-refractivity contribution in [1.82, 2.24) is 9.97 Å². The van der Waals surface area contributed by atoms with E-state index in [1.54, 1.807) is 6.92 Å². The van der Waals surface area contributed by atoms with Gasteiger partial charge in [0, 0.05) is 12.3 Å². The maximum absolute atomic E-state index is 10.4. The fraction of sp³-hybridized carbons (Fsp3) is 0.600. The Labute approximate surface area is 103 Å². The first-order valence-corrected chi connectivity index (χ1v) is 5.28. The molecule has 4 atom stereocenters. The second-order valence-corrected chi connectivity index (χ2v) is 3.75. The van der Waals surface area contributed by atoms with Gasteiger partial charge in [-0.25, -0.2) is 4.98 Å². The van der Waals surface area contributed by atoms with E-state index in [9.17, 15) is 4.79 Å². The van der Waals surface area contributed by atoms with Gasteiger partial charge in [0.1, 0.15) is 24.1 Å². The van der Waals surface area contributed by atoms with Crippen molar-refractivity contribution in [3.63, 3.8) is 0 Å². The molecular formula is C10H16N2O6. The summed E-state index contributed by atoms with van der Waals surface area (Å²) in [7, 11) is 0. The molecule has 5 N–H and O–H groups in total. The number of aliphatic hydroxyl groups excluding tert-OH is 4. The minimum absolute atomic E-state index is 0.0995. The van der Waals surface area contributed by atoms with Gasteiger partial charge in [0.05, 0.1) is 6.61 Å². The van der Waals surface area contributed by atoms with Crippen LogP contribution in [0, 0.1) is 6.92 Å². The van der Waals surface area contributed by atoms with E-state index in [1.807, 2.05) is 0 Å². The Kier molecular flexibility index (Phi) is 5.38. The summed E-state index contributed by atoms with van der Waals surface area (Å²) in [5.74, 6) is 0.650. The van der Waals surface area contributed by atoms with E-state index in [0.717, 1.165) is 0 Å². The largest absolute Gasteiger partial charge is 0.394 e. The smallest absolute Gasteiger partial charge is 0.250 e. The number of aromatic amines is 1. The van der Waals surface area contributed by atoms with Crippen LogP contribution in [0.2, 0.25) is 0 Å². The summed E-state index contributed by atoms with van der Waals surface area (Å²) >= 11 is 0. The van der Waals surface area contributed by atoms with E-state index in [-0.39, 0.29) is 5.56 Å². The van der Waals surface area contributed by atoms with E-state index in [1.165, 1.54) is 12.3 Å². The van der Waals surface area contributed by atoms with Crippen LogP contribution < -0.4 is 5.56 Å². The van der Waals surface area contributed by atoms with Crippen LogP contribution in [0.1, 0.15) is 5.82 Å². The predicted octanol–water partition coefficient (Wildman–Crippen LogP) is -2.50. The Morgan fingerprint density at radius 1 is 1.39 bits per heavy atom. The van der Waals surface area contributed by atoms with Crippen molar-refractivity contribution >= 4 is 0 Å². The van der Waals surface area contributed by atoms with Gasteiger partial charge in [-0.2, -0.15) is 0 Å². The lowest BCUT2D eigenvalue weighted by molar-refractivity contribution is -0.132. The van der Waals surface area contributed by atoms with Crippen molar-refractivity contribution in [2.75, 3.05) is 6.61 Å². The molecule has 1 aliphatic rings. The average Bonchev–Trinajstić information content (AvgIpc) is 2.57. The topological polar surface area (TPSA) is 136 Å². The summed E-state index contributed by atoms with van der Waals surface area (Å²) in [6.45, 7) is 1.33. The maximum Gasteiger partial charge on any atom is 0.250 e. The van der Waals surface area contributed by atoms with Crippen LogP contribution in [0.3, 0.4) is 0 Å². The Bertz CT molecular complexity index is 423. The molecule has 1 aromatic rings. The minimum Gasteiger partial charge on any atom is -0.394 e. The number of nitrogens with one attached hydrogen (secondary N) is 1. The van der Waals surface area contributed by atoms with Gasteiger partial charge < -0.3 is 30.1 Å². The number of aliphatic hydroxyl groups is 4. The molecule has 2 rings (SSSR count). The number of H-pyrrole nitrogens is 1. The zero-order chi connectivity index (χ0) is 13.7. The molecule has 0 aromatic carbocycles. The van der Waals surface area contributed by atoms with Crippen LogP contribution >= 0.6 is 0 Å². The highest BCUT2D eigenvalue weighted by Crippen LogP contribution is 2.18. The molecule has 102 valence electrons. The van der Waals surface area contributed by atoms with Gasteiger partial charge in [0.2, 0.25) is 0 Å². The summed E-state index contributed by atoms with van der Waals surface area (Å²) < 4.78 is 4.54. The number of nitrogens with zero attached hydrogens (tertiary/aromatic N) is 1. The second-order valence-electron chi connectivity index (χ2n) is 3.75. The molecule has 1 aromatic heterocycles. The Hall–Kier alpha value is -1.32. The van der Waals surface area contributed by atoms with Crippen molar-refractivity contribution in [1.29, 1.82) is 0 Å². The van der Waals surface area contributed by atoms with Crippen LogP contribution in [0.5, 0.6) is 0 Å². The molecule has 1 saturated heterocycles. The third-order valence-electron chi connectivity index (χ3n) is 2.32. The highest BCUT2D eigenvalue weighted by atomic mass is 16.6. The van der Waals surface area contributed by atoms with Crippen molar-refractivity contribution in [2.45, 2.75) is 31.5 Å². The predicted molar refractivity (Wildman–Crippen MR) is 59.6 cm³/mol. The van der Waals surface area contributed by atoms with Crippen LogP contribution in [-0.4, -0.2) is 61.6 Å². The molecule has 2 heterocycles. The van der Waals surface area contributed by atoms with E-state index in [0.29, 0.717) is 5.82 Å². The molecule has 1 fully saturated rings. The Morgan fingerprint density at radius 2 is 2.06 bits per heavy atom. The Balaban J connectivity index is 0.000000184. The molecule has 0 amide bonds.